The van der Waals surface area contributed by atoms with Gasteiger partial charge in [0, 0.05) is 5.75 Å². The molecule has 0 unspecified atom stereocenters. The van der Waals surface area contributed by atoms with E-state index in [0.29, 0.717) is 6.10 Å². The van der Waals surface area contributed by atoms with Crippen molar-refractivity contribution in [1.82, 2.24) is 0 Å². The van der Waals surface area contributed by atoms with Crippen molar-refractivity contribution in [3.8, 4) is 11.5 Å². The van der Waals surface area contributed by atoms with Gasteiger partial charge in [0.05, 0.1) is 19.0 Å². The molecule has 16 heavy (non-hydrogen) atoms. The first-order chi connectivity index (χ1) is 7.90. The molecule has 1 aliphatic rings. The molecule has 0 N–H and O–H groups in total. The normalized spacial score (nSPS) is 15.2. The van der Waals surface area contributed by atoms with Crippen molar-refractivity contribution in [3.63, 3.8) is 0 Å². The summed E-state index contributed by atoms with van der Waals surface area (Å²) >= 11 is 4.25. The minimum absolute atomic E-state index is 0.375. The van der Waals surface area contributed by atoms with E-state index in [0.717, 1.165) is 24.3 Å². The fourth-order valence-electron chi connectivity index (χ4n) is 1.85. The molecule has 1 aromatic carbocycles. The Hall–Kier alpha value is -0.0766. The molecule has 0 heterocycles. The van der Waals surface area contributed by atoms with Gasteiger partial charge in [-0.05, 0) is 25.7 Å². The van der Waals surface area contributed by atoms with Gasteiger partial charge in [0.25, 0.3) is 0 Å². The first-order valence-electron chi connectivity index (χ1n) is 5.37. The molecule has 1 saturated carbocycles. The summed E-state index contributed by atoms with van der Waals surface area (Å²) in [6, 6.07) is 8.56. The summed E-state index contributed by atoms with van der Waals surface area (Å²) in [5.41, 5.74) is 0. The van der Waals surface area contributed by atoms with E-state index in [1.807, 2.05) is 18.2 Å². The zero-order valence-corrected chi connectivity index (χ0v) is 14.1. The molecule has 0 aliphatic heterocycles. The maximum atomic E-state index is 5.84. The molecule has 1 fully saturated rings. The predicted molar refractivity (Wildman–Crippen MR) is 63.6 cm³/mol. The van der Waals surface area contributed by atoms with Crippen LogP contribution >= 0.6 is 13.6 Å². The second-order valence-electron chi connectivity index (χ2n) is 3.60. The summed E-state index contributed by atoms with van der Waals surface area (Å²) in [6.45, 7) is 0. The van der Waals surface area contributed by atoms with Crippen LogP contribution < -0.4 is 9.47 Å². The van der Waals surface area contributed by atoms with Crippen molar-refractivity contribution in [2.24, 2.45) is 0 Å². The van der Waals surface area contributed by atoms with E-state index in [4.69, 9.17) is 9.47 Å². The standard InChI is InChI=1S/C12H15O2.BrH.Zn/c1-13-11-8-4-5-9-12(11)14-10-6-2-3-7-10;;/h4,8-10H,2-3,6-7H2,1H3;1H;/q-1;;+2/p-1. The van der Waals surface area contributed by atoms with Crippen LogP contribution in [0.2, 0.25) is 0 Å². The van der Waals surface area contributed by atoms with Gasteiger partial charge in [-0.3, -0.25) is 0 Å². The third-order valence-electron chi connectivity index (χ3n) is 2.60. The number of methoxy groups -OCH3 is 1. The van der Waals surface area contributed by atoms with E-state index >= 15 is 0 Å². The zero-order chi connectivity index (χ0) is 11.8. The summed E-state index contributed by atoms with van der Waals surface area (Å²) in [7, 11) is 1.66. The fraction of sp³-hybridized carbons (Fsp3) is 0.500. The van der Waals surface area contributed by atoms with Crippen LogP contribution in [0.25, 0.3) is 0 Å². The number of benzene rings is 1. The molecule has 0 radical (unpaired) electrons. The van der Waals surface area contributed by atoms with E-state index in [1.165, 1.54) is 29.2 Å². The first-order valence-corrected chi connectivity index (χ1v) is 12.3. The molecular weight excluding hydrogens is 321 g/mol. The Kier molecular flexibility index (Phi) is 7.06. The summed E-state index contributed by atoms with van der Waals surface area (Å²) < 4.78 is 11.1. The number of ether oxygens (including phenoxy) is 2. The van der Waals surface area contributed by atoms with E-state index < -0.39 is 0 Å². The van der Waals surface area contributed by atoms with Crippen molar-refractivity contribution in [1.29, 1.82) is 0 Å². The summed E-state index contributed by atoms with van der Waals surface area (Å²) in [4.78, 5) is 0. The van der Waals surface area contributed by atoms with Gasteiger partial charge in [-0.1, -0.05) is 0 Å². The van der Waals surface area contributed by atoms with E-state index in [9.17, 15) is 0 Å². The fourth-order valence-corrected chi connectivity index (χ4v) is 1.85. The molecule has 1 aromatic rings. The Morgan fingerprint density at radius 2 is 2.00 bits per heavy atom. The second kappa shape index (κ2) is 8.08. The molecule has 0 atom stereocenters. The molecule has 2 rings (SSSR count). The number of hydrogen-bond donors (Lipinski definition) is 0. The molecule has 2 nitrogen and oxygen atoms in total. The molecule has 0 amide bonds. The van der Waals surface area contributed by atoms with Crippen LogP contribution in [0.15, 0.2) is 18.2 Å². The Labute approximate surface area is 114 Å². The van der Waals surface area contributed by atoms with E-state index in [1.54, 1.807) is 7.11 Å². The van der Waals surface area contributed by atoms with Crippen molar-refractivity contribution >= 4 is 13.6 Å². The van der Waals surface area contributed by atoms with Crippen molar-refractivity contribution in [2.45, 2.75) is 31.8 Å². The number of halogens is 1. The van der Waals surface area contributed by atoms with Gasteiger partial charge >= 0.3 is 30.0 Å². The summed E-state index contributed by atoms with van der Waals surface area (Å²) in [5.74, 6) is 1.62. The van der Waals surface area contributed by atoms with Gasteiger partial charge in [-0.2, -0.15) is 12.1 Å². The Morgan fingerprint density at radius 3 is 2.62 bits per heavy atom. The van der Waals surface area contributed by atoms with E-state index in [2.05, 4.69) is 19.7 Å². The van der Waals surface area contributed by atoms with Gasteiger partial charge in [0.2, 0.25) is 0 Å². The molecular formula is C12H15BrO2Zn. The van der Waals surface area contributed by atoms with Crippen LogP contribution in [0.4, 0.5) is 0 Å². The van der Waals surface area contributed by atoms with Crippen LogP contribution in [0.3, 0.4) is 0 Å². The molecule has 1 aliphatic carbocycles. The molecule has 4 heteroatoms. The SMILES string of the molecule is COc1cc[c-]cc1OC1CCCC1.[Zn+][Br]. The van der Waals surface area contributed by atoms with Gasteiger partial charge in [0.15, 0.2) is 0 Å². The van der Waals surface area contributed by atoms with Gasteiger partial charge in [-0.15, -0.1) is 12.1 Å². The molecule has 0 bridgehead atoms. The Bertz CT molecular complexity index is 301. The third-order valence-corrected chi connectivity index (χ3v) is 2.60. The maximum absolute atomic E-state index is 5.84. The van der Waals surface area contributed by atoms with Crippen molar-refractivity contribution in [2.75, 3.05) is 7.11 Å². The summed E-state index contributed by atoms with van der Waals surface area (Å²) in [6.07, 6.45) is 5.27. The monoisotopic (exact) mass is 334 g/mol. The Balaban J connectivity index is 0.000000606. The predicted octanol–water partition coefficient (Wildman–Crippen LogP) is 3.66. The average molecular weight is 337 g/mol. The zero-order valence-electron chi connectivity index (χ0n) is 9.54. The van der Waals surface area contributed by atoms with Crippen LogP contribution in [-0.2, 0) is 16.3 Å². The summed E-state index contributed by atoms with van der Waals surface area (Å²) in [5, 5.41) is 0. The third kappa shape index (κ3) is 4.06. The van der Waals surface area contributed by atoms with Gasteiger partial charge in [0.1, 0.15) is 0 Å². The van der Waals surface area contributed by atoms with Crippen LogP contribution in [0, 0.1) is 6.07 Å². The van der Waals surface area contributed by atoms with Crippen molar-refractivity contribution < 1.29 is 25.8 Å². The van der Waals surface area contributed by atoms with Crippen LogP contribution in [0.5, 0.6) is 11.5 Å². The minimum atomic E-state index is 0.375. The molecule has 0 spiro atoms. The molecule has 0 saturated heterocycles. The van der Waals surface area contributed by atoms with Gasteiger partial charge in [-0.25, -0.2) is 0 Å². The van der Waals surface area contributed by atoms with Crippen molar-refractivity contribution in [3.05, 3.63) is 24.3 Å². The molecule has 84 valence electrons. The topological polar surface area (TPSA) is 18.5 Å². The Morgan fingerprint density at radius 1 is 1.31 bits per heavy atom. The van der Waals surface area contributed by atoms with E-state index in [-0.39, 0.29) is 0 Å². The second-order valence-corrected chi connectivity index (χ2v) is 3.60. The number of hydrogen-bond acceptors (Lipinski definition) is 2. The quantitative estimate of drug-likeness (QED) is 0.619. The van der Waals surface area contributed by atoms with Crippen LogP contribution in [-0.4, -0.2) is 13.2 Å². The number of rotatable bonds is 3. The van der Waals surface area contributed by atoms with Gasteiger partial charge < -0.3 is 9.47 Å². The molecule has 0 aromatic heterocycles. The average Bonchev–Trinajstić information content (AvgIpc) is 2.85. The first kappa shape index (κ1) is 14.0. The van der Waals surface area contributed by atoms with Crippen LogP contribution in [0.1, 0.15) is 25.7 Å².